The van der Waals surface area contributed by atoms with E-state index < -0.39 is 0 Å². The molecule has 0 spiro atoms. The van der Waals surface area contributed by atoms with Crippen LogP contribution in [0.25, 0.3) is 5.65 Å². The third-order valence-electron chi connectivity index (χ3n) is 4.37. The van der Waals surface area contributed by atoms with Gasteiger partial charge < -0.3 is 10.6 Å². The number of carbonyl (C=O) groups excluding carboxylic acids is 1. The maximum atomic E-state index is 12.9. The van der Waals surface area contributed by atoms with E-state index in [9.17, 15) is 9.59 Å². The average Bonchev–Trinajstić information content (AvgIpc) is 3.11. The number of hydrogen-bond acceptors (Lipinski definition) is 4. The van der Waals surface area contributed by atoms with Crippen LogP contribution in [0.1, 0.15) is 23.2 Å². The zero-order valence-electron chi connectivity index (χ0n) is 14.8. The first-order chi connectivity index (χ1) is 12.6. The Morgan fingerprint density at radius 2 is 2.04 bits per heavy atom. The summed E-state index contributed by atoms with van der Waals surface area (Å²) in [5.74, 6) is -0.101. The number of rotatable bonds is 7. The van der Waals surface area contributed by atoms with Crippen LogP contribution in [0.3, 0.4) is 0 Å². The van der Waals surface area contributed by atoms with Crippen molar-refractivity contribution < 1.29 is 4.79 Å². The quantitative estimate of drug-likeness (QED) is 0.668. The van der Waals surface area contributed by atoms with Gasteiger partial charge in [0.25, 0.3) is 5.56 Å². The zero-order chi connectivity index (χ0) is 18.5. The SMILES string of the molecule is Cc1nc2cc[nH]n2c(=O)c1CC(=O)N(CCCN)Cc1ccccc1. The first kappa shape index (κ1) is 17.9. The Bertz CT molecular complexity index is 945. The zero-order valence-corrected chi connectivity index (χ0v) is 14.8. The highest BCUT2D eigenvalue weighted by atomic mass is 16.2. The van der Waals surface area contributed by atoms with Gasteiger partial charge in [0.05, 0.1) is 6.42 Å². The highest BCUT2D eigenvalue weighted by Gasteiger charge is 2.19. The summed E-state index contributed by atoms with van der Waals surface area (Å²) in [5, 5.41) is 2.83. The summed E-state index contributed by atoms with van der Waals surface area (Å²) in [6.07, 6.45) is 2.39. The first-order valence-electron chi connectivity index (χ1n) is 8.67. The second-order valence-corrected chi connectivity index (χ2v) is 6.26. The maximum Gasteiger partial charge on any atom is 0.276 e. The number of H-pyrrole nitrogens is 1. The first-order valence-corrected chi connectivity index (χ1v) is 8.67. The molecule has 1 amide bonds. The van der Waals surface area contributed by atoms with Crippen LogP contribution in [0.2, 0.25) is 0 Å². The van der Waals surface area contributed by atoms with Crippen LogP contribution < -0.4 is 11.3 Å². The molecule has 0 saturated heterocycles. The van der Waals surface area contributed by atoms with Gasteiger partial charge in [-0.05, 0) is 25.5 Å². The highest BCUT2D eigenvalue weighted by Crippen LogP contribution is 2.10. The van der Waals surface area contributed by atoms with Crippen molar-refractivity contribution >= 4 is 11.6 Å². The number of nitrogens with two attached hydrogens (primary N) is 1. The summed E-state index contributed by atoms with van der Waals surface area (Å²) in [6.45, 7) is 3.33. The summed E-state index contributed by atoms with van der Waals surface area (Å²) in [6, 6.07) is 11.5. The number of benzene rings is 1. The van der Waals surface area contributed by atoms with Crippen molar-refractivity contribution in [3.63, 3.8) is 0 Å². The lowest BCUT2D eigenvalue weighted by Crippen LogP contribution is -2.35. The Kier molecular flexibility index (Phi) is 5.48. The average molecular weight is 353 g/mol. The molecule has 0 aliphatic carbocycles. The summed E-state index contributed by atoms with van der Waals surface area (Å²) in [7, 11) is 0. The molecule has 0 radical (unpaired) electrons. The smallest absolute Gasteiger partial charge is 0.276 e. The summed E-state index contributed by atoms with van der Waals surface area (Å²) in [4.78, 5) is 31.7. The van der Waals surface area contributed by atoms with Gasteiger partial charge in [-0.3, -0.25) is 14.7 Å². The normalized spacial score (nSPS) is 11.0. The number of aryl methyl sites for hydroxylation is 1. The predicted octanol–water partition coefficient (Wildman–Crippen LogP) is 1.25. The van der Waals surface area contributed by atoms with Gasteiger partial charge in [-0.2, -0.15) is 0 Å². The molecule has 0 aliphatic rings. The maximum absolute atomic E-state index is 12.9. The van der Waals surface area contributed by atoms with Crippen LogP contribution in [0, 0.1) is 6.92 Å². The molecule has 3 N–H and O–H groups in total. The van der Waals surface area contributed by atoms with E-state index in [4.69, 9.17) is 5.73 Å². The minimum absolute atomic E-state index is 0.0248. The molecule has 0 unspecified atom stereocenters. The fourth-order valence-electron chi connectivity index (χ4n) is 2.95. The Hall–Kier alpha value is -2.93. The molecular weight excluding hydrogens is 330 g/mol. The lowest BCUT2D eigenvalue weighted by Gasteiger charge is -2.23. The summed E-state index contributed by atoms with van der Waals surface area (Å²) >= 11 is 0. The molecular formula is C19H23N5O2. The van der Waals surface area contributed by atoms with Crippen molar-refractivity contribution in [3.8, 4) is 0 Å². The topological polar surface area (TPSA) is 96.5 Å². The Morgan fingerprint density at radius 3 is 2.77 bits per heavy atom. The Balaban J connectivity index is 1.84. The van der Waals surface area contributed by atoms with Crippen LogP contribution in [-0.4, -0.2) is 38.5 Å². The van der Waals surface area contributed by atoms with Gasteiger partial charge in [0.1, 0.15) is 0 Å². The standard InChI is InChI=1S/C19H23N5O2/c1-14-16(19(26)24-17(22-14)8-10-21-24)12-18(25)23(11-5-9-20)13-15-6-3-2-4-7-15/h2-4,6-8,10,21H,5,9,11-13,20H2,1H3. The molecule has 0 aliphatic heterocycles. The minimum Gasteiger partial charge on any atom is -0.338 e. The predicted molar refractivity (Wildman–Crippen MR) is 99.8 cm³/mol. The van der Waals surface area contributed by atoms with E-state index in [-0.39, 0.29) is 17.9 Å². The van der Waals surface area contributed by atoms with E-state index in [2.05, 4.69) is 10.1 Å². The summed E-state index contributed by atoms with van der Waals surface area (Å²) < 4.78 is 1.36. The van der Waals surface area contributed by atoms with Crippen molar-refractivity contribution in [2.45, 2.75) is 26.3 Å². The number of nitrogens with one attached hydrogen (secondary N) is 1. The summed E-state index contributed by atoms with van der Waals surface area (Å²) in [5.41, 5.74) is 7.98. The van der Waals surface area contributed by atoms with Crippen LogP contribution >= 0.6 is 0 Å². The number of amides is 1. The van der Waals surface area contributed by atoms with E-state index in [1.165, 1.54) is 4.52 Å². The van der Waals surface area contributed by atoms with Gasteiger partial charge >= 0.3 is 0 Å². The van der Waals surface area contributed by atoms with Gasteiger partial charge in [-0.25, -0.2) is 9.50 Å². The van der Waals surface area contributed by atoms with E-state index in [0.717, 1.165) is 5.56 Å². The van der Waals surface area contributed by atoms with Crippen molar-refractivity contribution in [1.29, 1.82) is 0 Å². The lowest BCUT2D eigenvalue weighted by atomic mass is 10.1. The van der Waals surface area contributed by atoms with Crippen LogP contribution in [-0.2, 0) is 17.8 Å². The Labute approximate surface area is 151 Å². The highest BCUT2D eigenvalue weighted by molar-refractivity contribution is 5.79. The molecule has 2 heterocycles. The fraction of sp³-hybridized carbons (Fsp3) is 0.316. The number of hydrogen-bond donors (Lipinski definition) is 2. The molecule has 0 saturated carbocycles. The molecule has 3 rings (SSSR count). The molecule has 2 aromatic heterocycles. The molecule has 7 heteroatoms. The fourth-order valence-corrected chi connectivity index (χ4v) is 2.95. The minimum atomic E-state index is -0.232. The third kappa shape index (κ3) is 3.83. The van der Waals surface area contributed by atoms with E-state index in [1.807, 2.05) is 30.3 Å². The van der Waals surface area contributed by atoms with Gasteiger partial charge in [-0.1, -0.05) is 30.3 Å². The number of aromatic amines is 1. The van der Waals surface area contributed by atoms with Crippen molar-refractivity contribution in [2.75, 3.05) is 13.1 Å². The van der Waals surface area contributed by atoms with Crippen LogP contribution in [0.15, 0.2) is 47.4 Å². The van der Waals surface area contributed by atoms with Gasteiger partial charge in [-0.15, -0.1) is 0 Å². The third-order valence-corrected chi connectivity index (χ3v) is 4.37. The molecule has 3 aromatic rings. The number of nitrogens with zero attached hydrogens (tertiary/aromatic N) is 3. The van der Waals surface area contributed by atoms with E-state index in [0.29, 0.717) is 43.0 Å². The molecule has 7 nitrogen and oxygen atoms in total. The molecule has 0 bridgehead atoms. The largest absolute Gasteiger partial charge is 0.338 e. The van der Waals surface area contributed by atoms with Crippen LogP contribution in [0.5, 0.6) is 0 Å². The lowest BCUT2D eigenvalue weighted by molar-refractivity contribution is -0.131. The molecule has 1 aromatic carbocycles. The van der Waals surface area contributed by atoms with Crippen molar-refractivity contribution in [2.24, 2.45) is 5.73 Å². The number of fused-ring (bicyclic) bond motifs is 1. The Morgan fingerprint density at radius 1 is 1.27 bits per heavy atom. The van der Waals surface area contributed by atoms with Crippen LogP contribution in [0.4, 0.5) is 0 Å². The van der Waals surface area contributed by atoms with Crippen molar-refractivity contribution in [3.05, 3.63) is 69.8 Å². The molecule has 0 atom stereocenters. The van der Waals surface area contributed by atoms with Crippen molar-refractivity contribution in [1.82, 2.24) is 19.5 Å². The van der Waals surface area contributed by atoms with E-state index >= 15 is 0 Å². The van der Waals surface area contributed by atoms with E-state index in [1.54, 1.807) is 24.1 Å². The second-order valence-electron chi connectivity index (χ2n) is 6.26. The van der Waals surface area contributed by atoms with Gasteiger partial charge in [0, 0.05) is 36.6 Å². The molecule has 26 heavy (non-hydrogen) atoms. The molecule has 0 fully saturated rings. The number of carbonyl (C=O) groups is 1. The van der Waals surface area contributed by atoms with Gasteiger partial charge in [0.2, 0.25) is 5.91 Å². The number of aromatic nitrogens is 3. The molecule has 136 valence electrons. The second kappa shape index (κ2) is 7.97. The van der Waals surface area contributed by atoms with Gasteiger partial charge in [0.15, 0.2) is 5.65 Å². The monoisotopic (exact) mass is 353 g/mol.